The third-order valence-corrected chi connectivity index (χ3v) is 3.31. The first-order valence-electron chi connectivity index (χ1n) is 5.81. The van der Waals surface area contributed by atoms with Crippen LogP contribution >= 0.6 is 0 Å². The number of halogens is 3. The van der Waals surface area contributed by atoms with Gasteiger partial charge in [0.05, 0.1) is 5.56 Å². The molecule has 1 aromatic rings. The SMILES string of the molecule is CC(C)N1CCc2cc(C(F)(F)F)ccc2C1. The minimum absolute atomic E-state index is 0.436. The molecule has 0 saturated heterocycles. The fourth-order valence-electron chi connectivity index (χ4n) is 2.19. The molecule has 1 aliphatic rings. The van der Waals surface area contributed by atoms with Gasteiger partial charge in [0, 0.05) is 19.1 Å². The molecule has 0 bridgehead atoms. The molecule has 2 rings (SSSR count). The van der Waals surface area contributed by atoms with Crippen LogP contribution < -0.4 is 0 Å². The van der Waals surface area contributed by atoms with Crippen LogP contribution in [0.2, 0.25) is 0 Å². The maximum Gasteiger partial charge on any atom is 0.416 e. The fourth-order valence-corrected chi connectivity index (χ4v) is 2.19. The molecule has 1 aliphatic heterocycles. The van der Waals surface area contributed by atoms with Crippen LogP contribution in [-0.2, 0) is 19.1 Å². The van der Waals surface area contributed by atoms with E-state index in [9.17, 15) is 13.2 Å². The lowest BCUT2D eigenvalue weighted by atomic mass is 9.96. The van der Waals surface area contributed by atoms with Gasteiger partial charge >= 0.3 is 6.18 Å². The molecule has 17 heavy (non-hydrogen) atoms. The average molecular weight is 243 g/mol. The van der Waals surface area contributed by atoms with Crippen molar-refractivity contribution in [3.8, 4) is 0 Å². The Bertz CT molecular complexity index is 410. The number of alkyl halides is 3. The zero-order chi connectivity index (χ0) is 12.6. The molecule has 1 aromatic carbocycles. The van der Waals surface area contributed by atoms with Crippen LogP contribution in [0.25, 0.3) is 0 Å². The third kappa shape index (κ3) is 2.63. The molecule has 0 aliphatic carbocycles. The predicted molar refractivity (Wildman–Crippen MR) is 60.7 cm³/mol. The molecule has 0 spiro atoms. The third-order valence-electron chi connectivity index (χ3n) is 3.31. The molecule has 1 heterocycles. The second kappa shape index (κ2) is 4.33. The van der Waals surface area contributed by atoms with E-state index in [2.05, 4.69) is 18.7 Å². The van der Waals surface area contributed by atoms with Crippen LogP contribution in [0.15, 0.2) is 18.2 Å². The number of rotatable bonds is 1. The lowest BCUT2D eigenvalue weighted by Gasteiger charge is -2.32. The zero-order valence-electron chi connectivity index (χ0n) is 10.0. The smallest absolute Gasteiger partial charge is 0.296 e. The van der Waals surface area contributed by atoms with Crippen LogP contribution in [0.3, 0.4) is 0 Å². The molecule has 0 amide bonds. The largest absolute Gasteiger partial charge is 0.416 e. The van der Waals surface area contributed by atoms with Crippen molar-refractivity contribution in [1.82, 2.24) is 4.90 Å². The Labute approximate surface area is 99.2 Å². The molecule has 0 N–H and O–H groups in total. The number of benzene rings is 1. The second-order valence-electron chi connectivity index (χ2n) is 4.80. The number of nitrogens with zero attached hydrogens (tertiary/aromatic N) is 1. The Hall–Kier alpha value is -1.03. The maximum atomic E-state index is 12.6. The van der Waals surface area contributed by atoms with E-state index in [1.165, 1.54) is 12.1 Å². The average Bonchev–Trinajstić information content (AvgIpc) is 2.26. The van der Waals surface area contributed by atoms with Crippen molar-refractivity contribution >= 4 is 0 Å². The zero-order valence-corrected chi connectivity index (χ0v) is 10.0. The Morgan fingerprint density at radius 2 is 1.88 bits per heavy atom. The summed E-state index contributed by atoms with van der Waals surface area (Å²) in [5.41, 5.74) is 1.34. The van der Waals surface area contributed by atoms with Crippen LogP contribution in [0.5, 0.6) is 0 Å². The van der Waals surface area contributed by atoms with Gasteiger partial charge in [-0.25, -0.2) is 0 Å². The van der Waals surface area contributed by atoms with E-state index < -0.39 is 11.7 Å². The van der Waals surface area contributed by atoms with Gasteiger partial charge in [-0.15, -0.1) is 0 Å². The monoisotopic (exact) mass is 243 g/mol. The molecule has 1 nitrogen and oxygen atoms in total. The van der Waals surface area contributed by atoms with Gasteiger partial charge in [-0.2, -0.15) is 13.2 Å². The van der Waals surface area contributed by atoms with E-state index in [0.29, 0.717) is 12.5 Å². The van der Waals surface area contributed by atoms with E-state index in [0.717, 1.165) is 24.2 Å². The number of fused-ring (bicyclic) bond motifs is 1. The molecule has 0 aromatic heterocycles. The Morgan fingerprint density at radius 3 is 2.47 bits per heavy atom. The van der Waals surface area contributed by atoms with Crippen molar-refractivity contribution in [3.63, 3.8) is 0 Å². The van der Waals surface area contributed by atoms with Crippen molar-refractivity contribution in [1.29, 1.82) is 0 Å². The predicted octanol–water partition coefficient (Wildman–Crippen LogP) is 3.47. The van der Waals surface area contributed by atoms with Gasteiger partial charge in [0.2, 0.25) is 0 Å². The molecule has 94 valence electrons. The van der Waals surface area contributed by atoms with Gasteiger partial charge in [-0.1, -0.05) is 6.07 Å². The van der Waals surface area contributed by atoms with Gasteiger partial charge in [0.1, 0.15) is 0 Å². The normalized spacial score (nSPS) is 17.3. The molecule has 0 unspecified atom stereocenters. The van der Waals surface area contributed by atoms with Gasteiger partial charge in [0.25, 0.3) is 0 Å². The number of hydrogen-bond donors (Lipinski definition) is 0. The lowest BCUT2D eigenvalue weighted by molar-refractivity contribution is -0.137. The summed E-state index contributed by atoms with van der Waals surface area (Å²) >= 11 is 0. The van der Waals surface area contributed by atoms with Crippen molar-refractivity contribution in [3.05, 3.63) is 34.9 Å². The van der Waals surface area contributed by atoms with Crippen LogP contribution in [-0.4, -0.2) is 17.5 Å². The maximum absolute atomic E-state index is 12.6. The summed E-state index contributed by atoms with van der Waals surface area (Å²) in [6, 6.07) is 4.54. The second-order valence-corrected chi connectivity index (χ2v) is 4.80. The van der Waals surface area contributed by atoms with Gasteiger partial charge < -0.3 is 0 Å². The van der Waals surface area contributed by atoms with Gasteiger partial charge in [0.15, 0.2) is 0 Å². The molecule has 0 atom stereocenters. The topological polar surface area (TPSA) is 3.24 Å². The first kappa shape index (κ1) is 12.4. The van der Waals surface area contributed by atoms with Gasteiger partial charge in [-0.3, -0.25) is 4.90 Å². The van der Waals surface area contributed by atoms with Crippen molar-refractivity contribution in [2.24, 2.45) is 0 Å². The van der Waals surface area contributed by atoms with E-state index >= 15 is 0 Å². The van der Waals surface area contributed by atoms with Crippen LogP contribution in [0.1, 0.15) is 30.5 Å². The number of hydrogen-bond acceptors (Lipinski definition) is 1. The molecule has 0 saturated carbocycles. The standard InChI is InChI=1S/C13H16F3N/c1-9(2)17-6-5-10-7-12(13(14,15)16)4-3-11(10)8-17/h3-4,7,9H,5-6,8H2,1-2H3. The highest BCUT2D eigenvalue weighted by Crippen LogP contribution is 2.32. The minimum Gasteiger partial charge on any atom is -0.296 e. The Balaban J connectivity index is 2.26. The summed E-state index contributed by atoms with van der Waals surface area (Å²) in [6.07, 6.45) is -3.53. The van der Waals surface area contributed by atoms with Crippen molar-refractivity contribution < 1.29 is 13.2 Å². The highest BCUT2D eigenvalue weighted by molar-refractivity contribution is 5.35. The first-order valence-corrected chi connectivity index (χ1v) is 5.81. The van der Waals surface area contributed by atoms with E-state index in [4.69, 9.17) is 0 Å². The van der Waals surface area contributed by atoms with Gasteiger partial charge in [-0.05, 0) is 43.5 Å². The highest BCUT2D eigenvalue weighted by atomic mass is 19.4. The lowest BCUT2D eigenvalue weighted by Crippen LogP contribution is -2.35. The molecular formula is C13H16F3N. The van der Waals surface area contributed by atoms with Crippen molar-refractivity contribution in [2.45, 2.75) is 39.0 Å². The molecule has 4 heteroatoms. The summed E-state index contributed by atoms with van der Waals surface area (Å²) in [4.78, 5) is 2.27. The first-order chi connectivity index (χ1) is 7.88. The van der Waals surface area contributed by atoms with E-state index in [1.54, 1.807) is 6.07 Å². The van der Waals surface area contributed by atoms with Crippen LogP contribution in [0, 0.1) is 0 Å². The van der Waals surface area contributed by atoms with Crippen LogP contribution in [0.4, 0.5) is 13.2 Å². The molecule has 0 radical (unpaired) electrons. The molecular weight excluding hydrogens is 227 g/mol. The van der Waals surface area contributed by atoms with E-state index in [-0.39, 0.29) is 0 Å². The van der Waals surface area contributed by atoms with Crippen molar-refractivity contribution in [2.75, 3.05) is 6.54 Å². The minimum atomic E-state index is -4.23. The summed E-state index contributed by atoms with van der Waals surface area (Å²) in [7, 11) is 0. The molecule has 0 fully saturated rings. The highest BCUT2D eigenvalue weighted by Gasteiger charge is 2.31. The summed E-state index contributed by atoms with van der Waals surface area (Å²) < 4.78 is 37.7. The van der Waals surface area contributed by atoms with E-state index in [1.807, 2.05) is 0 Å². The Morgan fingerprint density at radius 1 is 1.18 bits per heavy atom. The summed E-state index contributed by atoms with van der Waals surface area (Å²) in [6.45, 7) is 5.81. The Kier molecular flexibility index (Phi) is 3.17. The fraction of sp³-hybridized carbons (Fsp3) is 0.538. The quantitative estimate of drug-likeness (QED) is 0.730. The summed E-state index contributed by atoms with van der Waals surface area (Å²) in [5, 5.41) is 0. The summed E-state index contributed by atoms with van der Waals surface area (Å²) in [5.74, 6) is 0.